The third-order valence-corrected chi connectivity index (χ3v) is 3.85. The third kappa shape index (κ3) is 3.69. The van der Waals surface area contributed by atoms with Gasteiger partial charge in [-0.05, 0) is 38.9 Å². The summed E-state index contributed by atoms with van der Waals surface area (Å²) in [5.74, 6) is -1.84. The van der Waals surface area contributed by atoms with E-state index in [-0.39, 0.29) is 17.2 Å². The largest absolute Gasteiger partial charge is 0.398 e. The van der Waals surface area contributed by atoms with Crippen LogP contribution >= 0.6 is 0 Å². The summed E-state index contributed by atoms with van der Waals surface area (Å²) in [5, 5.41) is 0. The number of rotatable bonds is 3. The van der Waals surface area contributed by atoms with Crippen molar-refractivity contribution in [1.29, 1.82) is 0 Å². The molecule has 1 aliphatic rings. The minimum Gasteiger partial charge on any atom is -0.398 e. The Morgan fingerprint density at radius 2 is 1.86 bits per heavy atom. The number of hydrogen-bond acceptors (Lipinski definition) is 3. The van der Waals surface area contributed by atoms with Gasteiger partial charge in [0.25, 0.3) is 5.91 Å². The summed E-state index contributed by atoms with van der Waals surface area (Å²) < 4.78 is 26.3. The third-order valence-electron chi connectivity index (χ3n) is 3.85. The molecule has 0 atom stereocenters. The van der Waals surface area contributed by atoms with Gasteiger partial charge in [-0.2, -0.15) is 0 Å². The Bertz CT molecular complexity index is 526. The van der Waals surface area contributed by atoms with Crippen LogP contribution in [-0.2, 0) is 0 Å². The highest BCUT2D eigenvalue weighted by Gasteiger charge is 2.25. The normalized spacial score (nSPS) is 16.5. The number of nitrogens with zero attached hydrogens (tertiary/aromatic N) is 2. The Hall–Kier alpha value is -1.69. The van der Waals surface area contributed by atoms with E-state index in [9.17, 15) is 13.6 Å². The maximum absolute atomic E-state index is 13.3. The van der Waals surface area contributed by atoms with Crippen molar-refractivity contribution < 1.29 is 13.6 Å². The van der Waals surface area contributed by atoms with E-state index >= 15 is 0 Å². The lowest BCUT2D eigenvalue weighted by atomic mass is 9.96. The van der Waals surface area contributed by atoms with Crippen LogP contribution in [-0.4, -0.2) is 49.4 Å². The molecule has 1 aromatic rings. The summed E-state index contributed by atoms with van der Waals surface area (Å²) in [6.07, 6.45) is 1.82. The summed E-state index contributed by atoms with van der Waals surface area (Å²) in [7, 11) is 4.05. The first-order chi connectivity index (χ1) is 9.88. The molecule has 116 valence electrons. The molecule has 2 N–H and O–H groups in total. The van der Waals surface area contributed by atoms with Crippen molar-refractivity contribution >= 4 is 11.6 Å². The van der Waals surface area contributed by atoms with Crippen LogP contribution in [0.4, 0.5) is 14.5 Å². The van der Waals surface area contributed by atoms with E-state index in [1.54, 1.807) is 4.90 Å². The molecule has 0 radical (unpaired) electrons. The van der Waals surface area contributed by atoms with Crippen LogP contribution in [0.1, 0.15) is 23.2 Å². The van der Waals surface area contributed by atoms with Gasteiger partial charge in [-0.3, -0.25) is 4.79 Å². The molecular formula is C15H21F2N3O. The zero-order chi connectivity index (χ0) is 15.6. The van der Waals surface area contributed by atoms with Crippen molar-refractivity contribution in [2.75, 3.05) is 39.5 Å². The second-order valence-corrected chi connectivity index (χ2v) is 5.85. The topological polar surface area (TPSA) is 49.6 Å². The Morgan fingerprint density at radius 3 is 2.43 bits per heavy atom. The second-order valence-electron chi connectivity index (χ2n) is 5.85. The number of halogens is 2. The average molecular weight is 297 g/mol. The number of benzene rings is 1. The Labute approximate surface area is 123 Å². The van der Waals surface area contributed by atoms with Crippen molar-refractivity contribution in [3.8, 4) is 0 Å². The summed E-state index contributed by atoms with van der Waals surface area (Å²) >= 11 is 0. The minimum atomic E-state index is -1.05. The standard InChI is InChI=1S/C15H21F2N3O/c1-19(2)9-10-3-5-20(6-4-10)15(21)11-7-12(16)13(17)8-14(11)18/h7-8,10H,3-6,9,18H2,1-2H3. The molecular weight excluding hydrogens is 276 g/mol. The number of nitrogens with two attached hydrogens (primary N) is 1. The number of carbonyl (C=O) groups is 1. The Balaban J connectivity index is 2.04. The van der Waals surface area contributed by atoms with Crippen molar-refractivity contribution in [3.05, 3.63) is 29.3 Å². The summed E-state index contributed by atoms with van der Waals surface area (Å²) in [5.41, 5.74) is 5.65. The fourth-order valence-corrected chi connectivity index (χ4v) is 2.75. The van der Waals surface area contributed by atoms with Crippen LogP contribution in [0.5, 0.6) is 0 Å². The number of anilines is 1. The summed E-state index contributed by atoms with van der Waals surface area (Å²) in [4.78, 5) is 16.2. The van der Waals surface area contributed by atoms with Gasteiger partial charge in [0.2, 0.25) is 0 Å². The molecule has 0 aromatic heterocycles. The predicted octanol–water partition coefficient (Wildman–Crippen LogP) is 1.96. The monoisotopic (exact) mass is 297 g/mol. The molecule has 1 amide bonds. The first kappa shape index (κ1) is 15.7. The van der Waals surface area contributed by atoms with Gasteiger partial charge in [0, 0.05) is 31.4 Å². The van der Waals surface area contributed by atoms with Crippen LogP contribution < -0.4 is 5.73 Å². The Kier molecular flexibility index (Phi) is 4.77. The van der Waals surface area contributed by atoms with Gasteiger partial charge in [0.05, 0.1) is 5.56 Å². The molecule has 21 heavy (non-hydrogen) atoms. The minimum absolute atomic E-state index is 0.0192. The molecule has 0 aliphatic carbocycles. The smallest absolute Gasteiger partial charge is 0.256 e. The van der Waals surface area contributed by atoms with Gasteiger partial charge >= 0.3 is 0 Å². The highest BCUT2D eigenvalue weighted by molar-refractivity contribution is 5.99. The molecule has 2 rings (SSSR count). The first-order valence-corrected chi connectivity index (χ1v) is 7.07. The van der Waals surface area contributed by atoms with Gasteiger partial charge in [-0.15, -0.1) is 0 Å². The van der Waals surface area contributed by atoms with Crippen molar-refractivity contribution in [1.82, 2.24) is 9.80 Å². The fraction of sp³-hybridized carbons (Fsp3) is 0.533. The fourth-order valence-electron chi connectivity index (χ4n) is 2.75. The predicted molar refractivity (Wildman–Crippen MR) is 78.0 cm³/mol. The number of amides is 1. The molecule has 1 heterocycles. The number of likely N-dealkylation sites (tertiary alicyclic amines) is 1. The number of hydrogen-bond donors (Lipinski definition) is 1. The molecule has 0 bridgehead atoms. The SMILES string of the molecule is CN(C)CC1CCN(C(=O)c2cc(F)c(F)cc2N)CC1. The van der Waals surface area contributed by atoms with E-state index in [0.29, 0.717) is 19.0 Å². The maximum Gasteiger partial charge on any atom is 0.256 e. The molecule has 0 saturated carbocycles. The van der Waals surface area contributed by atoms with Crippen molar-refractivity contribution in [3.63, 3.8) is 0 Å². The molecule has 1 aliphatic heterocycles. The lowest BCUT2D eigenvalue weighted by Gasteiger charge is -2.33. The molecule has 0 spiro atoms. The van der Waals surface area contributed by atoms with E-state index in [1.807, 2.05) is 14.1 Å². The van der Waals surface area contributed by atoms with Crippen molar-refractivity contribution in [2.24, 2.45) is 5.92 Å². The molecule has 1 saturated heterocycles. The van der Waals surface area contributed by atoms with Gasteiger partial charge in [0.15, 0.2) is 11.6 Å². The lowest BCUT2D eigenvalue weighted by Crippen LogP contribution is -2.40. The maximum atomic E-state index is 13.3. The average Bonchev–Trinajstić information content (AvgIpc) is 2.42. The number of nitrogen functional groups attached to an aromatic ring is 1. The molecule has 4 nitrogen and oxygen atoms in total. The highest BCUT2D eigenvalue weighted by atomic mass is 19.2. The van der Waals surface area contributed by atoms with Gasteiger partial charge in [-0.1, -0.05) is 0 Å². The molecule has 6 heteroatoms. The van der Waals surface area contributed by atoms with Crippen LogP contribution in [0, 0.1) is 17.6 Å². The van der Waals surface area contributed by atoms with E-state index in [0.717, 1.165) is 31.5 Å². The van der Waals surface area contributed by atoms with Crippen LogP contribution in [0.15, 0.2) is 12.1 Å². The lowest BCUT2D eigenvalue weighted by molar-refractivity contribution is 0.0678. The zero-order valence-electron chi connectivity index (χ0n) is 12.4. The molecule has 0 unspecified atom stereocenters. The second kappa shape index (κ2) is 6.39. The van der Waals surface area contributed by atoms with E-state index < -0.39 is 11.6 Å². The highest BCUT2D eigenvalue weighted by Crippen LogP contribution is 2.23. The quantitative estimate of drug-likeness (QED) is 0.868. The Morgan fingerprint density at radius 1 is 1.29 bits per heavy atom. The molecule has 1 fully saturated rings. The summed E-state index contributed by atoms with van der Waals surface area (Å²) in [6.45, 7) is 2.24. The van der Waals surface area contributed by atoms with E-state index in [4.69, 9.17) is 5.73 Å². The summed E-state index contributed by atoms with van der Waals surface area (Å²) in [6, 6.07) is 1.75. The van der Waals surface area contributed by atoms with E-state index in [2.05, 4.69) is 4.90 Å². The van der Waals surface area contributed by atoms with E-state index in [1.165, 1.54) is 0 Å². The van der Waals surface area contributed by atoms with Gasteiger partial charge < -0.3 is 15.5 Å². The zero-order valence-corrected chi connectivity index (χ0v) is 12.4. The van der Waals surface area contributed by atoms with Crippen molar-refractivity contribution in [2.45, 2.75) is 12.8 Å². The van der Waals surface area contributed by atoms with Crippen LogP contribution in [0.2, 0.25) is 0 Å². The van der Waals surface area contributed by atoms with Crippen LogP contribution in [0.25, 0.3) is 0 Å². The number of carbonyl (C=O) groups excluding carboxylic acids is 1. The van der Waals surface area contributed by atoms with Gasteiger partial charge in [-0.25, -0.2) is 8.78 Å². The first-order valence-electron chi connectivity index (χ1n) is 7.07. The molecule has 1 aromatic carbocycles. The van der Waals surface area contributed by atoms with Gasteiger partial charge in [0.1, 0.15) is 0 Å². The number of piperidine rings is 1. The van der Waals surface area contributed by atoms with Crippen LogP contribution in [0.3, 0.4) is 0 Å².